The molecule has 0 radical (unpaired) electrons. The van der Waals surface area contributed by atoms with E-state index in [4.69, 9.17) is 10.2 Å². The van der Waals surface area contributed by atoms with Gasteiger partial charge in [0.2, 0.25) is 0 Å². The number of allylic oxidation sites excluding steroid dienone is 1. The highest BCUT2D eigenvalue weighted by atomic mass is 16.3. The number of hydrogen-bond donors (Lipinski definition) is 2. The van der Waals surface area contributed by atoms with Gasteiger partial charge in [-0.1, -0.05) is 12.2 Å². The molecule has 7 heavy (non-hydrogen) atoms. The average Bonchev–Trinajstić information content (AvgIpc) is 1.68. The Bertz CT molecular complexity index is 59.1. The van der Waals surface area contributed by atoms with E-state index in [1.165, 1.54) is 6.08 Å². The summed E-state index contributed by atoms with van der Waals surface area (Å²) < 4.78 is 0. The standard InChI is InChI=1S/C5H10O2/c1-2-3-5(7)4-6/h2-3,5-7H,4H2,1H3/b3-2-/t5-/m0/s1. The molecule has 2 heteroatoms. The molecule has 1 atom stereocenters. The van der Waals surface area contributed by atoms with Gasteiger partial charge in [0.05, 0.1) is 12.7 Å². The topological polar surface area (TPSA) is 40.5 Å². The largest absolute Gasteiger partial charge is 0.393 e. The third-order valence-corrected chi connectivity index (χ3v) is 0.602. The number of aliphatic hydroxyl groups excluding tert-OH is 2. The summed E-state index contributed by atoms with van der Waals surface area (Å²) in [5.41, 5.74) is 0. The van der Waals surface area contributed by atoms with E-state index in [1.54, 1.807) is 13.0 Å². The second-order valence-corrected chi connectivity index (χ2v) is 1.28. The molecular formula is C5H10O2. The molecule has 0 rings (SSSR count). The maximum Gasteiger partial charge on any atom is 0.0951 e. The highest BCUT2D eigenvalue weighted by Crippen LogP contribution is 1.80. The minimum absolute atomic E-state index is 0.190. The molecule has 0 aromatic carbocycles. The van der Waals surface area contributed by atoms with E-state index in [1.807, 2.05) is 0 Å². The van der Waals surface area contributed by atoms with Crippen molar-refractivity contribution in [2.24, 2.45) is 0 Å². The molecular weight excluding hydrogens is 92.1 g/mol. The van der Waals surface area contributed by atoms with Crippen molar-refractivity contribution >= 4 is 0 Å². The van der Waals surface area contributed by atoms with Gasteiger partial charge in [-0.2, -0.15) is 0 Å². The van der Waals surface area contributed by atoms with Gasteiger partial charge in [0.1, 0.15) is 0 Å². The smallest absolute Gasteiger partial charge is 0.0951 e. The van der Waals surface area contributed by atoms with Gasteiger partial charge in [-0.25, -0.2) is 0 Å². The van der Waals surface area contributed by atoms with Crippen LogP contribution in [-0.2, 0) is 0 Å². The first-order valence-electron chi connectivity index (χ1n) is 2.23. The lowest BCUT2D eigenvalue weighted by Crippen LogP contribution is -2.06. The number of aliphatic hydroxyl groups is 2. The molecule has 0 unspecified atom stereocenters. The number of hydrogen-bond acceptors (Lipinski definition) is 2. The van der Waals surface area contributed by atoms with Crippen LogP contribution in [0, 0.1) is 0 Å². The predicted molar refractivity (Wildman–Crippen MR) is 27.9 cm³/mol. The highest BCUT2D eigenvalue weighted by Gasteiger charge is 1.89. The molecule has 0 aromatic heterocycles. The van der Waals surface area contributed by atoms with Gasteiger partial charge < -0.3 is 10.2 Å². The lowest BCUT2D eigenvalue weighted by molar-refractivity contribution is 0.131. The Kier molecular flexibility index (Phi) is 3.65. The summed E-state index contributed by atoms with van der Waals surface area (Å²) in [4.78, 5) is 0. The van der Waals surface area contributed by atoms with Gasteiger partial charge in [-0.3, -0.25) is 0 Å². The van der Waals surface area contributed by atoms with Crippen LogP contribution in [0.5, 0.6) is 0 Å². The summed E-state index contributed by atoms with van der Waals surface area (Å²) in [5.74, 6) is 0. The Morgan fingerprint density at radius 3 is 2.43 bits per heavy atom. The van der Waals surface area contributed by atoms with Crippen LogP contribution >= 0.6 is 0 Å². The fourth-order valence-electron chi connectivity index (χ4n) is 0.283. The summed E-state index contributed by atoms with van der Waals surface area (Å²) in [5, 5.41) is 16.7. The zero-order valence-corrected chi connectivity index (χ0v) is 4.33. The molecule has 0 saturated carbocycles. The summed E-state index contributed by atoms with van der Waals surface area (Å²) in [6.45, 7) is 1.60. The molecule has 0 fully saturated rings. The third kappa shape index (κ3) is 3.49. The quantitative estimate of drug-likeness (QED) is 0.478. The van der Waals surface area contributed by atoms with E-state index >= 15 is 0 Å². The van der Waals surface area contributed by atoms with Crippen LogP contribution in [0.25, 0.3) is 0 Å². The summed E-state index contributed by atoms with van der Waals surface area (Å²) in [6, 6.07) is 0. The van der Waals surface area contributed by atoms with Crippen LogP contribution in [-0.4, -0.2) is 22.9 Å². The Morgan fingerprint density at radius 2 is 2.29 bits per heavy atom. The Labute approximate surface area is 43.1 Å². The van der Waals surface area contributed by atoms with E-state index in [0.29, 0.717) is 0 Å². The first-order valence-corrected chi connectivity index (χ1v) is 2.23. The summed E-state index contributed by atoms with van der Waals surface area (Å²) in [7, 11) is 0. The van der Waals surface area contributed by atoms with Crippen LogP contribution in [0.15, 0.2) is 12.2 Å². The van der Waals surface area contributed by atoms with Gasteiger partial charge in [-0.15, -0.1) is 0 Å². The van der Waals surface area contributed by atoms with E-state index in [-0.39, 0.29) is 6.61 Å². The van der Waals surface area contributed by atoms with Crippen molar-refractivity contribution in [3.63, 3.8) is 0 Å². The van der Waals surface area contributed by atoms with Crippen LogP contribution in [0.1, 0.15) is 6.92 Å². The monoisotopic (exact) mass is 102 g/mol. The summed E-state index contributed by atoms with van der Waals surface area (Å²) in [6.07, 6.45) is 2.55. The van der Waals surface area contributed by atoms with Gasteiger partial charge >= 0.3 is 0 Å². The van der Waals surface area contributed by atoms with Crippen molar-refractivity contribution in [2.75, 3.05) is 6.61 Å². The lowest BCUT2D eigenvalue weighted by atomic mass is 10.3. The van der Waals surface area contributed by atoms with Crippen molar-refractivity contribution in [3.8, 4) is 0 Å². The zero-order valence-electron chi connectivity index (χ0n) is 4.33. The molecule has 0 bridgehead atoms. The second kappa shape index (κ2) is 3.84. The zero-order chi connectivity index (χ0) is 5.70. The Hall–Kier alpha value is -0.340. The fraction of sp³-hybridized carbons (Fsp3) is 0.600. The van der Waals surface area contributed by atoms with Crippen molar-refractivity contribution < 1.29 is 10.2 Å². The Balaban J connectivity index is 3.16. The first-order chi connectivity index (χ1) is 3.31. The number of rotatable bonds is 2. The van der Waals surface area contributed by atoms with E-state index in [0.717, 1.165) is 0 Å². The molecule has 0 spiro atoms. The Morgan fingerprint density at radius 1 is 1.71 bits per heavy atom. The molecule has 2 nitrogen and oxygen atoms in total. The molecule has 0 heterocycles. The van der Waals surface area contributed by atoms with Crippen molar-refractivity contribution in [1.29, 1.82) is 0 Å². The molecule has 0 aromatic rings. The lowest BCUT2D eigenvalue weighted by Gasteiger charge is -1.94. The van der Waals surface area contributed by atoms with Crippen molar-refractivity contribution in [3.05, 3.63) is 12.2 Å². The van der Waals surface area contributed by atoms with Gasteiger partial charge in [0.25, 0.3) is 0 Å². The van der Waals surface area contributed by atoms with Gasteiger partial charge in [0.15, 0.2) is 0 Å². The van der Waals surface area contributed by atoms with E-state index in [9.17, 15) is 0 Å². The van der Waals surface area contributed by atoms with Crippen LogP contribution in [0.2, 0.25) is 0 Å². The van der Waals surface area contributed by atoms with Crippen molar-refractivity contribution in [1.82, 2.24) is 0 Å². The molecule has 0 aliphatic carbocycles. The van der Waals surface area contributed by atoms with E-state index in [2.05, 4.69) is 0 Å². The van der Waals surface area contributed by atoms with Crippen molar-refractivity contribution in [2.45, 2.75) is 13.0 Å². The molecule has 0 amide bonds. The van der Waals surface area contributed by atoms with Gasteiger partial charge in [0, 0.05) is 0 Å². The average molecular weight is 102 g/mol. The first kappa shape index (κ1) is 6.66. The van der Waals surface area contributed by atoms with Gasteiger partial charge in [-0.05, 0) is 6.92 Å². The summed E-state index contributed by atoms with van der Waals surface area (Å²) >= 11 is 0. The maximum atomic E-state index is 8.52. The third-order valence-electron chi connectivity index (χ3n) is 0.602. The molecule has 0 aliphatic heterocycles. The van der Waals surface area contributed by atoms with Crippen LogP contribution in [0.4, 0.5) is 0 Å². The molecule has 0 aliphatic rings. The minimum Gasteiger partial charge on any atom is -0.393 e. The molecule has 0 saturated heterocycles. The maximum absolute atomic E-state index is 8.52. The molecule has 42 valence electrons. The predicted octanol–water partition coefficient (Wildman–Crippen LogP) is -0.0843. The van der Waals surface area contributed by atoms with E-state index < -0.39 is 6.10 Å². The highest BCUT2D eigenvalue weighted by molar-refractivity contribution is 4.84. The van der Waals surface area contributed by atoms with Crippen LogP contribution < -0.4 is 0 Å². The normalized spacial score (nSPS) is 15.3. The minimum atomic E-state index is -0.676. The molecule has 2 N–H and O–H groups in total. The second-order valence-electron chi connectivity index (χ2n) is 1.28. The fourth-order valence-corrected chi connectivity index (χ4v) is 0.283. The SMILES string of the molecule is C/C=C\[C@H](O)CO. The van der Waals surface area contributed by atoms with Crippen LogP contribution in [0.3, 0.4) is 0 Å².